The van der Waals surface area contributed by atoms with Crippen LogP contribution in [0.2, 0.25) is 0 Å². The molecule has 0 aliphatic carbocycles. The van der Waals surface area contributed by atoms with Gasteiger partial charge in [0.15, 0.2) is 17.4 Å². The highest BCUT2D eigenvalue weighted by Gasteiger charge is 2.11. The summed E-state index contributed by atoms with van der Waals surface area (Å²) >= 11 is 0. The molecule has 0 bridgehead atoms. The molecule has 0 unspecified atom stereocenters. The third-order valence-electron chi connectivity index (χ3n) is 2.69. The molecule has 2 rings (SSSR count). The van der Waals surface area contributed by atoms with Crippen molar-refractivity contribution in [2.45, 2.75) is 6.54 Å². The highest BCUT2D eigenvalue weighted by molar-refractivity contribution is 5.58. The Labute approximate surface area is 112 Å². The number of anilines is 1. The number of rotatable bonds is 3. The minimum atomic E-state index is -1.08. The quantitative estimate of drug-likeness (QED) is 0.905. The van der Waals surface area contributed by atoms with Gasteiger partial charge in [-0.3, -0.25) is 0 Å². The third kappa shape index (κ3) is 2.67. The van der Waals surface area contributed by atoms with Crippen LogP contribution in [0.15, 0.2) is 30.3 Å². The Morgan fingerprint density at radius 3 is 2.35 bits per heavy atom. The van der Waals surface area contributed by atoms with Crippen molar-refractivity contribution >= 4 is 5.69 Å². The zero-order valence-electron chi connectivity index (χ0n) is 10.1. The van der Waals surface area contributed by atoms with Crippen molar-refractivity contribution in [2.24, 2.45) is 0 Å². The van der Waals surface area contributed by atoms with E-state index in [1.54, 1.807) is 6.07 Å². The van der Waals surface area contributed by atoms with Gasteiger partial charge in [0, 0.05) is 6.54 Å². The molecular formula is C14H9F3N2O. The maximum absolute atomic E-state index is 13.3. The van der Waals surface area contributed by atoms with E-state index in [2.05, 4.69) is 5.32 Å². The maximum atomic E-state index is 13.3. The van der Waals surface area contributed by atoms with E-state index >= 15 is 0 Å². The lowest BCUT2D eigenvalue weighted by atomic mass is 10.1. The number of benzene rings is 2. The van der Waals surface area contributed by atoms with Crippen molar-refractivity contribution in [3.63, 3.8) is 0 Å². The molecule has 0 atom stereocenters. The summed E-state index contributed by atoms with van der Waals surface area (Å²) in [6, 6.07) is 7.65. The van der Waals surface area contributed by atoms with Gasteiger partial charge in [0.1, 0.15) is 17.4 Å². The van der Waals surface area contributed by atoms with E-state index < -0.39 is 23.2 Å². The number of nitriles is 1. The number of phenols is 1. The van der Waals surface area contributed by atoms with E-state index in [9.17, 15) is 13.2 Å². The Balaban J connectivity index is 2.22. The molecule has 2 aromatic carbocycles. The average Bonchev–Trinajstić information content (AvgIpc) is 2.42. The number of aromatic hydroxyl groups is 1. The van der Waals surface area contributed by atoms with Crippen molar-refractivity contribution in [3.8, 4) is 11.8 Å². The average molecular weight is 278 g/mol. The van der Waals surface area contributed by atoms with Crippen molar-refractivity contribution in [2.75, 3.05) is 5.32 Å². The summed E-state index contributed by atoms with van der Waals surface area (Å²) < 4.78 is 39.6. The summed E-state index contributed by atoms with van der Waals surface area (Å²) in [6.45, 7) is -0.0216. The van der Waals surface area contributed by atoms with Crippen molar-refractivity contribution in [3.05, 3.63) is 58.9 Å². The second-order valence-electron chi connectivity index (χ2n) is 4.04. The summed E-state index contributed by atoms with van der Waals surface area (Å²) in [5.41, 5.74) is 0.263. The van der Waals surface area contributed by atoms with Gasteiger partial charge in [0.05, 0.1) is 5.69 Å². The number of nitrogens with zero attached hydrogens (tertiary/aromatic N) is 1. The molecule has 0 amide bonds. The van der Waals surface area contributed by atoms with Gasteiger partial charge < -0.3 is 10.4 Å². The van der Waals surface area contributed by atoms with Crippen LogP contribution in [0.1, 0.15) is 11.1 Å². The molecular weight excluding hydrogens is 269 g/mol. The summed E-state index contributed by atoms with van der Waals surface area (Å²) in [7, 11) is 0. The molecule has 0 aliphatic heterocycles. The SMILES string of the molecule is N#Cc1c(F)cccc1NCc1cc(F)c(O)c(F)c1. The summed E-state index contributed by atoms with van der Waals surface area (Å²) in [6.07, 6.45) is 0. The standard InChI is InChI=1S/C14H9F3N2O/c15-10-2-1-3-13(9(10)6-18)19-7-8-4-11(16)14(20)12(17)5-8/h1-5,19-20H,7H2. The van der Waals surface area contributed by atoms with Gasteiger partial charge in [-0.1, -0.05) is 6.07 Å². The topological polar surface area (TPSA) is 56.0 Å². The first-order valence-electron chi connectivity index (χ1n) is 5.62. The second kappa shape index (κ2) is 5.53. The highest BCUT2D eigenvalue weighted by Crippen LogP contribution is 2.23. The van der Waals surface area contributed by atoms with E-state index in [0.29, 0.717) is 0 Å². The van der Waals surface area contributed by atoms with Crippen molar-refractivity contribution in [1.29, 1.82) is 5.26 Å². The molecule has 20 heavy (non-hydrogen) atoms. The van der Waals surface area contributed by atoms with Crippen LogP contribution in [-0.2, 0) is 6.54 Å². The third-order valence-corrected chi connectivity index (χ3v) is 2.69. The van der Waals surface area contributed by atoms with Crippen molar-refractivity contribution in [1.82, 2.24) is 0 Å². The van der Waals surface area contributed by atoms with Gasteiger partial charge >= 0.3 is 0 Å². The molecule has 0 spiro atoms. The zero-order valence-corrected chi connectivity index (χ0v) is 10.1. The normalized spacial score (nSPS) is 10.1. The fourth-order valence-electron chi connectivity index (χ4n) is 1.70. The van der Waals surface area contributed by atoms with Gasteiger partial charge in [-0.2, -0.15) is 5.26 Å². The van der Waals surface area contributed by atoms with Crippen LogP contribution in [0.4, 0.5) is 18.9 Å². The first kappa shape index (κ1) is 13.7. The van der Waals surface area contributed by atoms with Crippen LogP contribution in [-0.4, -0.2) is 5.11 Å². The molecule has 0 aromatic heterocycles. The fraction of sp³-hybridized carbons (Fsp3) is 0.0714. The molecule has 0 fully saturated rings. The van der Waals surface area contributed by atoms with Crippen LogP contribution >= 0.6 is 0 Å². The maximum Gasteiger partial charge on any atom is 0.187 e. The second-order valence-corrected chi connectivity index (χ2v) is 4.04. The van der Waals surface area contributed by atoms with Gasteiger partial charge in [-0.15, -0.1) is 0 Å². The van der Waals surface area contributed by atoms with Gasteiger partial charge in [0.25, 0.3) is 0 Å². The smallest absolute Gasteiger partial charge is 0.187 e. The van der Waals surface area contributed by atoms with Crippen LogP contribution in [0, 0.1) is 28.8 Å². The monoisotopic (exact) mass is 278 g/mol. The summed E-state index contributed by atoms with van der Waals surface area (Å²) in [5, 5.41) is 20.5. The molecule has 0 radical (unpaired) electrons. The molecule has 0 saturated heterocycles. The molecule has 3 nitrogen and oxygen atoms in total. The van der Waals surface area contributed by atoms with E-state index in [-0.39, 0.29) is 23.4 Å². The molecule has 2 aromatic rings. The molecule has 102 valence electrons. The molecule has 2 N–H and O–H groups in total. The predicted molar refractivity (Wildman–Crippen MR) is 66.5 cm³/mol. The lowest BCUT2D eigenvalue weighted by Gasteiger charge is -2.09. The van der Waals surface area contributed by atoms with Crippen molar-refractivity contribution < 1.29 is 18.3 Å². The Kier molecular flexibility index (Phi) is 3.80. The minimum Gasteiger partial charge on any atom is -0.503 e. The largest absolute Gasteiger partial charge is 0.503 e. The lowest BCUT2D eigenvalue weighted by molar-refractivity contribution is 0.395. The van der Waals surface area contributed by atoms with Crippen LogP contribution in [0.3, 0.4) is 0 Å². The summed E-state index contributed by atoms with van der Waals surface area (Å²) in [4.78, 5) is 0. The van der Waals surface area contributed by atoms with Crippen LogP contribution in [0.25, 0.3) is 0 Å². The highest BCUT2D eigenvalue weighted by atomic mass is 19.1. The number of hydrogen-bond acceptors (Lipinski definition) is 3. The van der Waals surface area contributed by atoms with Crippen LogP contribution in [0.5, 0.6) is 5.75 Å². The fourth-order valence-corrected chi connectivity index (χ4v) is 1.70. The van der Waals surface area contributed by atoms with E-state index in [1.807, 2.05) is 0 Å². The summed E-state index contributed by atoms with van der Waals surface area (Å²) in [5.74, 6) is -3.89. The molecule has 0 saturated carbocycles. The van der Waals surface area contributed by atoms with Gasteiger partial charge in [0.2, 0.25) is 0 Å². The molecule has 6 heteroatoms. The number of halogens is 3. The number of phenolic OH excluding ortho intramolecular Hbond substituents is 1. The number of nitrogens with one attached hydrogen (secondary N) is 1. The minimum absolute atomic E-state index is 0.0216. The number of hydrogen-bond donors (Lipinski definition) is 2. The predicted octanol–water partition coefficient (Wildman–Crippen LogP) is 3.29. The Morgan fingerprint density at radius 1 is 1.10 bits per heavy atom. The van der Waals surface area contributed by atoms with E-state index in [0.717, 1.165) is 18.2 Å². The van der Waals surface area contributed by atoms with Gasteiger partial charge in [-0.05, 0) is 29.8 Å². The Bertz CT molecular complexity index is 672. The Hall–Kier alpha value is -2.68. The first-order chi connectivity index (χ1) is 9.52. The van der Waals surface area contributed by atoms with Crippen LogP contribution < -0.4 is 5.32 Å². The van der Waals surface area contributed by atoms with Gasteiger partial charge in [-0.25, -0.2) is 13.2 Å². The Morgan fingerprint density at radius 2 is 1.75 bits per heavy atom. The lowest BCUT2D eigenvalue weighted by Crippen LogP contribution is -2.03. The molecule has 0 aliphatic rings. The molecule has 0 heterocycles. The van der Waals surface area contributed by atoms with E-state index in [1.165, 1.54) is 12.1 Å². The zero-order chi connectivity index (χ0) is 14.7. The first-order valence-corrected chi connectivity index (χ1v) is 5.62. The van der Waals surface area contributed by atoms with E-state index in [4.69, 9.17) is 10.4 Å².